The molecule has 1 fully saturated rings. The van der Waals surface area contributed by atoms with Crippen LogP contribution in [-0.4, -0.2) is 41.9 Å². The number of aryl methyl sites for hydroxylation is 1. The molecular weight excluding hydrogens is 340 g/mol. The molecule has 0 aromatic carbocycles. The Morgan fingerprint density at radius 3 is 2.65 bits per heavy atom. The van der Waals surface area contributed by atoms with Crippen molar-refractivity contribution >= 4 is 32.4 Å². The predicted octanol–water partition coefficient (Wildman–Crippen LogP) is 1.87. The lowest BCUT2D eigenvalue weighted by Crippen LogP contribution is -2.35. The van der Waals surface area contributed by atoms with Gasteiger partial charge in [0.15, 0.2) is 5.76 Å². The van der Waals surface area contributed by atoms with E-state index in [2.05, 4.69) is 15.5 Å². The highest BCUT2D eigenvalue weighted by Gasteiger charge is 2.29. The van der Waals surface area contributed by atoms with Gasteiger partial charge in [0, 0.05) is 13.1 Å². The van der Waals surface area contributed by atoms with Gasteiger partial charge in [0.2, 0.25) is 10.2 Å². The van der Waals surface area contributed by atoms with Gasteiger partial charge in [0.1, 0.15) is 5.01 Å². The third-order valence-corrected chi connectivity index (χ3v) is 5.99. The molecular formula is C13H16N4O4S2. The third-order valence-electron chi connectivity index (χ3n) is 3.46. The molecule has 124 valence electrons. The second-order valence-electron chi connectivity index (χ2n) is 5.16. The fourth-order valence-electron chi connectivity index (χ4n) is 2.32. The van der Waals surface area contributed by atoms with Gasteiger partial charge in [-0.2, -0.15) is 4.31 Å². The standard InChI is InChI=1S/C13H16N4O4S2/c1-9-15-16-13(22-9)14-12(18)10-5-6-11(21-10)23(19,20)17-7-3-2-4-8-17/h5-6H,2-4,7-8H2,1H3,(H,14,16,18). The molecule has 2 aromatic rings. The van der Waals surface area contributed by atoms with Gasteiger partial charge in [0.05, 0.1) is 0 Å². The summed E-state index contributed by atoms with van der Waals surface area (Å²) in [5.74, 6) is -0.630. The Morgan fingerprint density at radius 1 is 1.26 bits per heavy atom. The Balaban J connectivity index is 1.75. The summed E-state index contributed by atoms with van der Waals surface area (Å²) in [6.07, 6.45) is 2.70. The van der Waals surface area contributed by atoms with Gasteiger partial charge in [-0.25, -0.2) is 8.42 Å². The molecule has 8 nitrogen and oxygen atoms in total. The first-order valence-corrected chi connectivity index (χ1v) is 9.44. The number of carbonyl (C=O) groups excluding carboxylic acids is 1. The van der Waals surface area contributed by atoms with Crippen LogP contribution in [0.2, 0.25) is 0 Å². The molecule has 0 unspecified atom stereocenters. The van der Waals surface area contributed by atoms with Gasteiger partial charge in [-0.05, 0) is 31.9 Å². The average Bonchev–Trinajstić information content (AvgIpc) is 3.18. The van der Waals surface area contributed by atoms with E-state index < -0.39 is 15.9 Å². The van der Waals surface area contributed by atoms with E-state index in [0.29, 0.717) is 23.2 Å². The first-order chi connectivity index (χ1) is 11.0. The van der Waals surface area contributed by atoms with E-state index in [4.69, 9.17) is 4.42 Å². The van der Waals surface area contributed by atoms with Crippen LogP contribution in [0.3, 0.4) is 0 Å². The van der Waals surface area contributed by atoms with Crippen molar-refractivity contribution in [2.45, 2.75) is 31.3 Å². The molecule has 0 atom stereocenters. The highest BCUT2D eigenvalue weighted by Crippen LogP contribution is 2.23. The van der Waals surface area contributed by atoms with Gasteiger partial charge in [-0.3, -0.25) is 10.1 Å². The van der Waals surface area contributed by atoms with Gasteiger partial charge < -0.3 is 4.42 Å². The molecule has 10 heteroatoms. The van der Waals surface area contributed by atoms with Crippen molar-refractivity contribution in [3.05, 3.63) is 22.9 Å². The Hall–Kier alpha value is -1.78. The van der Waals surface area contributed by atoms with Crippen LogP contribution < -0.4 is 5.32 Å². The minimum absolute atomic E-state index is 0.0755. The minimum atomic E-state index is -3.68. The molecule has 0 bridgehead atoms. The number of aromatic nitrogens is 2. The van der Waals surface area contributed by atoms with Crippen LogP contribution in [0.5, 0.6) is 0 Å². The number of hydrogen-bond acceptors (Lipinski definition) is 7. The number of piperidine rings is 1. The fourth-order valence-corrected chi connectivity index (χ4v) is 4.33. The first kappa shape index (κ1) is 16.1. The summed E-state index contributed by atoms with van der Waals surface area (Å²) in [6.45, 7) is 2.73. The Kier molecular flexibility index (Phi) is 4.46. The van der Waals surface area contributed by atoms with E-state index in [1.165, 1.54) is 27.8 Å². The van der Waals surface area contributed by atoms with Gasteiger partial charge in [-0.15, -0.1) is 10.2 Å². The Morgan fingerprint density at radius 2 is 2.00 bits per heavy atom. The second kappa shape index (κ2) is 6.38. The SMILES string of the molecule is Cc1nnc(NC(=O)c2ccc(S(=O)(=O)N3CCCCC3)o2)s1. The second-order valence-corrected chi connectivity index (χ2v) is 8.21. The van der Waals surface area contributed by atoms with Gasteiger partial charge in [0.25, 0.3) is 15.9 Å². The Bertz CT molecular complexity index is 806. The molecule has 2 aromatic heterocycles. The predicted molar refractivity (Wildman–Crippen MR) is 83.9 cm³/mol. The molecule has 0 saturated carbocycles. The van der Waals surface area contributed by atoms with Crippen LogP contribution in [0.4, 0.5) is 5.13 Å². The molecule has 1 amide bonds. The zero-order valence-corrected chi connectivity index (χ0v) is 14.1. The lowest BCUT2D eigenvalue weighted by molar-refractivity contribution is 0.0991. The lowest BCUT2D eigenvalue weighted by Gasteiger charge is -2.24. The molecule has 1 aliphatic rings. The first-order valence-electron chi connectivity index (χ1n) is 7.18. The highest BCUT2D eigenvalue weighted by molar-refractivity contribution is 7.89. The van der Waals surface area contributed by atoms with Crippen molar-refractivity contribution in [1.29, 1.82) is 0 Å². The summed E-state index contributed by atoms with van der Waals surface area (Å²) in [5, 5.41) is 10.9. The molecule has 3 heterocycles. The van der Waals surface area contributed by atoms with Crippen molar-refractivity contribution in [3.63, 3.8) is 0 Å². The topological polar surface area (TPSA) is 105 Å². The largest absolute Gasteiger partial charge is 0.438 e. The molecule has 3 rings (SSSR count). The van der Waals surface area contributed by atoms with Crippen molar-refractivity contribution < 1.29 is 17.6 Å². The van der Waals surface area contributed by atoms with Crippen LogP contribution >= 0.6 is 11.3 Å². The summed E-state index contributed by atoms with van der Waals surface area (Å²) < 4.78 is 31.6. The van der Waals surface area contributed by atoms with Gasteiger partial charge >= 0.3 is 0 Å². The Labute approximate surface area is 137 Å². The van der Waals surface area contributed by atoms with Crippen LogP contribution in [0.15, 0.2) is 21.6 Å². The normalized spacial score (nSPS) is 16.4. The number of hydrogen-bond donors (Lipinski definition) is 1. The van der Waals surface area contributed by atoms with Crippen molar-refractivity contribution in [2.75, 3.05) is 18.4 Å². The number of nitrogens with one attached hydrogen (secondary N) is 1. The summed E-state index contributed by atoms with van der Waals surface area (Å²) in [7, 11) is -3.68. The van der Waals surface area contributed by atoms with Crippen LogP contribution in [0.25, 0.3) is 0 Å². The zero-order chi connectivity index (χ0) is 16.4. The number of amides is 1. The van der Waals surface area contributed by atoms with Crippen LogP contribution in [0.1, 0.15) is 34.8 Å². The smallest absolute Gasteiger partial charge is 0.293 e. The number of anilines is 1. The molecule has 1 N–H and O–H groups in total. The molecule has 0 aliphatic carbocycles. The van der Waals surface area contributed by atoms with Crippen molar-refractivity contribution in [1.82, 2.24) is 14.5 Å². The maximum atomic E-state index is 12.5. The summed E-state index contributed by atoms with van der Waals surface area (Å²) >= 11 is 1.22. The van der Waals surface area contributed by atoms with E-state index in [9.17, 15) is 13.2 Å². The maximum absolute atomic E-state index is 12.5. The van der Waals surface area contributed by atoms with E-state index in [1.807, 2.05) is 0 Å². The summed E-state index contributed by atoms with van der Waals surface area (Å²) in [5.41, 5.74) is 0. The van der Waals surface area contributed by atoms with Gasteiger partial charge in [-0.1, -0.05) is 17.8 Å². The monoisotopic (exact) mass is 356 g/mol. The van der Waals surface area contributed by atoms with Crippen molar-refractivity contribution in [3.8, 4) is 0 Å². The maximum Gasteiger partial charge on any atom is 0.293 e. The molecule has 0 spiro atoms. The summed E-state index contributed by atoms with van der Waals surface area (Å²) in [6, 6.07) is 2.66. The highest BCUT2D eigenvalue weighted by atomic mass is 32.2. The quantitative estimate of drug-likeness (QED) is 0.896. The van der Waals surface area contributed by atoms with E-state index in [1.54, 1.807) is 6.92 Å². The van der Waals surface area contributed by atoms with Crippen LogP contribution in [0, 0.1) is 6.92 Å². The molecule has 23 heavy (non-hydrogen) atoms. The molecule has 0 radical (unpaired) electrons. The average molecular weight is 356 g/mol. The number of nitrogens with zero attached hydrogens (tertiary/aromatic N) is 3. The lowest BCUT2D eigenvalue weighted by atomic mass is 10.2. The van der Waals surface area contributed by atoms with E-state index in [0.717, 1.165) is 19.3 Å². The number of rotatable bonds is 4. The zero-order valence-electron chi connectivity index (χ0n) is 12.5. The van der Waals surface area contributed by atoms with E-state index in [-0.39, 0.29) is 10.9 Å². The number of carbonyl (C=O) groups is 1. The molecule has 1 aliphatic heterocycles. The summed E-state index contributed by atoms with van der Waals surface area (Å²) in [4.78, 5) is 12.1. The number of furan rings is 1. The van der Waals surface area contributed by atoms with E-state index >= 15 is 0 Å². The minimum Gasteiger partial charge on any atom is -0.438 e. The third kappa shape index (κ3) is 3.43. The fraction of sp³-hybridized carbons (Fsp3) is 0.462. The van der Waals surface area contributed by atoms with Crippen molar-refractivity contribution in [2.24, 2.45) is 0 Å². The number of sulfonamides is 1. The van der Waals surface area contributed by atoms with Crippen LogP contribution in [-0.2, 0) is 10.0 Å². The molecule has 1 saturated heterocycles.